The second-order valence-corrected chi connectivity index (χ2v) is 7.94. The second kappa shape index (κ2) is 8.24. The van der Waals surface area contributed by atoms with E-state index in [1.165, 1.54) is 22.4 Å². The zero-order valence-corrected chi connectivity index (χ0v) is 16.9. The van der Waals surface area contributed by atoms with Gasteiger partial charge in [0.25, 0.3) is 10.8 Å². The third-order valence-electron chi connectivity index (χ3n) is 5.16. The first-order valence-electron chi connectivity index (χ1n) is 9.58. The van der Waals surface area contributed by atoms with Gasteiger partial charge in [0.05, 0.1) is 11.5 Å². The van der Waals surface area contributed by atoms with Crippen molar-refractivity contribution in [1.82, 2.24) is 14.3 Å². The van der Waals surface area contributed by atoms with Crippen molar-refractivity contribution in [2.45, 2.75) is 24.7 Å². The average molecular weight is 411 g/mol. The van der Waals surface area contributed by atoms with Crippen molar-refractivity contribution in [1.29, 1.82) is 0 Å². The second-order valence-electron chi connectivity index (χ2n) is 6.94. The zero-order valence-electron chi connectivity index (χ0n) is 16.0. The van der Waals surface area contributed by atoms with E-state index in [9.17, 15) is 14.4 Å². The molecule has 0 bridgehead atoms. The van der Waals surface area contributed by atoms with Crippen LogP contribution in [0.5, 0.6) is 0 Å². The summed E-state index contributed by atoms with van der Waals surface area (Å²) >= 11 is 1.06. The fourth-order valence-electron chi connectivity index (χ4n) is 3.64. The fraction of sp³-hybridized carbons (Fsp3) is 0.333. The molecule has 1 unspecified atom stereocenters. The van der Waals surface area contributed by atoms with Crippen LogP contribution in [-0.2, 0) is 4.74 Å². The van der Waals surface area contributed by atoms with E-state index in [-0.39, 0.29) is 17.4 Å². The van der Waals surface area contributed by atoms with Crippen molar-refractivity contribution in [3.63, 3.8) is 0 Å². The van der Waals surface area contributed by atoms with Crippen molar-refractivity contribution in [2.75, 3.05) is 19.7 Å². The molecule has 2 aliphatic rings. The molecule has 8 heteroatoms. The molecule has 150 valence electrons. The van der Waals surface area contributed by atoms with E-state index in [1.54, 1.807) is 19.1 Å². The minimum Gasteiger partial charge on any atom is -0.462 e. The predicted octanol–water partition coefficient (Wildman–Crippen LogP) is 3.29. The van der Waals surface area contributed by atoms with Crippen LogP contribution in [0, 0.1) is 5.92 Å². The molecule has 1 saturated heterocycles. The summed E-state index contributed by atoms with van der Waals surface area (Å²) < 4.78 is 6.19. The van der Waals surface area contributed by atoms with Crippen molar-refractivity contribution in [3.8, 4) is 0 Å². The third kappa shape index (κ3) is 3.85. The first-order chi connectivity index (χ1) is 14.1. The largest absolute Gasteiger partial charge is 0.462 e. The molecule has 1 amide bonds. The summed E-state index contributed by atoms with van der Waals surface area (Å²) in [7, 11) is 0. The monoisotopic (exact) mass is 411 g/mol. The Morgan fingerprint density at radius 1 is 1.38 bits per heavy atom. The number of carbonyl (C=O) groups is 2. The van der Waals surface area contributed by atoms with Crippen molar-refractivity contribution in [2.24, 2.45) is 5.92 Å². The van der Waals surface area contributed by atoms with Gasteiger partial charge < -0.3 is 9.64 Å². The Labute approximate surface area is 172 Å². The van der Waals surface area contributed by atoms with Gasteiger partial charge in [-0.25, -0.2) is 9.78 Å². The van der Waals surface area contributed by atoms with E-state index in [0.717, 1.165) is 24.6 Å². The van der Waals surface area contributed by atoms with Crippen LogP contribution in [0.3, 0.4) is 0 Å². The van der Waals surface area contributed by atoms with Gasteiger partial charge in [-0.1, -0.05) is 18.2 Å². The first kappa shape index (κ1) is 19.4. The summed E-state index contributed by atoms with van der Waals surface area (Å²) in [5, 5.41) is -0.0734. The number of aromatic nitrogens is 2. The number of likely N-dealkylation sites (tertiary alicyclic amines) is 1. The van der Waals surface area contributed by atoms with Crippen molar-refractivity contribution < 1.29 is 14.3 Å². The molecule has 0 spiro atoms. The molecule has 2 aromatic rings. The predicted molar refractivity (Wildman–Crippen MR) is 110 cm³/mol. The van der Waals surface area contributed by atoms with Crippen molar-refractivity contribution >= 4 is 28.6 Å². The van der Waals surface area contributed by atoms with E-state index < -0.39 is 11.5 Å². The normalized spacial score (nSPS) is 18.3. The van der Waals surface area contributed by atoms with Crippen LogP contribution >= 0.6 is 11.8 Å². The SMILES string of the molecule is CCOC(=O)c1cnc2c(SC(=O)N3CCC4CC=CC=C4C3)cccn2c1=O. The van der Waals surface area contributed by atoms with E-state index in [0.29, 0.717) is 29.6 Å². The molecular formula is C21H21N3O4S. The summed E-state index contributed by atoms with van der Waals surface area (Å²) in [6, 6.07) is 3.42. The summed E-state index contributed by atoms with van der Waals surface area (Å²) in [6.07, 6.45) is 11.1. The maximum Gasteiger partial charge on any atom is 0.345 e. The lowest BCUT2D eigenvalue weighted by Gasteiger charge is -2.34. The summed E-state index contributed by atoms with van der Waals surface area (Å²) in [4.78, 5) is 44.1. The highest BCUT2D eigenvalue weighted by Gasteiger charge is 2.28. The number of piperidine rings is 1. The molecule has 0 aromatic carbocycles. The Morgan fingerprint density at radius 3 is 3.07 bits per heavy atom. The van der Waals surface area contributed by atoms with Crippen LogP contribution in [-0.4, -0.2) is 45.2 Å². The molecule has 4 rings (SSSR count). The number of hydrogen-bond acceptors (Lipinski definition) is 6. The molecule has 1 atom stereocenters. The Hall–Kier alpha value is -2.87. The van der Waals surface area contributed by atoms with E-state index in [4.69, 9.17) is 4.74 Å². The highest BCUT2D eigenvalue weighted by Crippen LogP contribution is 2.32. The minimum atomic E-state index is -0.703. The highest BCUT2D eigenvalue weighted by molar-refractivity contribution is 8.13. The Kier molecular flexibility index (Phi) is 5.53. The van der Waals surface area contributed by atoms with Gasteiger partial charge in [0.2, 0.25) is 0 Å². The lowest BCUT2D eigenvalue weighted by Crippen LogP contribution is -2.38. The number of amides is 1. The van der Waals surface area contributed by atoms with E-state index in [2.05, 4.69) is 23.2 Å². The number of nitrogens with zero attached hydrogens (tertiary/aromatic N) is 3. The van der Waals surface area contributed by atoms with Crippen LogP contribution in [0.25, 0.3) is 5.65 Å². The van der Waals surface area contributed by atoms with Crippen LogP contribution in [0.2, 0.25) is 0 Å². The van der Waals surface area contributed by atoms with Gasteiger partial charge in [0, 0.05) is 25.5 Å². The number of carbonyl (C=O) groups excluding carboxylic acids is 2. The standard InChI is InChI=1S/C21H21N3O4S/c1-2-28-20(26)16-12-22-18-17(8-5-10-24(18)19(16)25)29-21(27)23-11-9-14-6-3-4-7-15(14)13-23/h3-5,7-8,10,12,14H,2,6,9,11,13H2,1H3. The van der Waals surface area contributed by atoms with Crippen LogP contribution < -0.4 is 5.56 Å². The van der Waals surface area contributed by atoms with E-state index in [1.807, 2.05) is 4.90 Å². The van der Waals surface area contributed by atoms with Crippen LogP contribution in [0.4, 0.5) is 4.79 Å². The van der Waals surface area contributed by atoms with Gasteiger partial charge in [0.15, 0.2) is 5.65 Å². The molecule has 0 N–H and O–H groups in total. The van der Waals surface area contributed by atoms with Crippen LogP contribution in [0.1, 0.15) is 30.1 Å². The number of allylic oxidation sites excluding steroid dienone is 3. The minimum absolute atomic E-state index is 0.0734. The molecule has 1 aliphatic heterocycles. The smallest absolute Gasteiger partial charge is 0.345 e. The van der Waals surface area contributed by atoms with Gasteiger partial charge in [-0.3, -0.25) is 14.0 Å². The number of esters is 1. The quantitative estimate of drug-likeness (QED) is 0.570. The lowest BCUT2D eigenvalue weighted by molar-refractivity contribution is 0.0523. The molecule has 29 heavy (non-hydrogen) atoms. The number of pyridine rings is 1. The summed E-state index contributed by atoms with van der Waals surface area (Å²) in [5.74, 6) is -0.167. The molecule has 0 saturated carbocycles. The van der Waals surface area contributed by atoms with Crippen molar-refractivity contribution in [3.05, 3.63) is 64.2 Å². The topological polar surface area (TPSA) is 81.0 Å². The highest BCUT2D eigenvalue weighted by atomic mass is 32.2. The molecule has 1 fully saturated rings. The number of fused-ring (bicyclic) bond motifs is 2. The molecule has 1 aliphatic carbocycles. The van der Waals surface area contributed by atoms with Gasteiger partial charge >= 0.3 is 5.97 Å². The van der Waals surface area contributed by atoms with Gasteiger partial charge in [-0.05, 0) is 55.2 Å². The maximum absolute atomic E-state index is 12.9. The molecule has 2 aromatic heterocycles. The zero-order chi connectivity index (χ0) is 20.4. The molecule has 3 heterocycles. The molecule has 7 nitrogen and oxygen atoms in total. The third-order valence-corrected chi connectivity index (χ3v) is 6.13. The Bertz CT molecular complexity index is 1090. The summed E-state index contributed by atoms with van der Waals surface area (Å²) in [6.45, 7) is 3.19. The molecular weight excluding hydrogens is 390 g/mol. The maximum atomic E-state index is 12.9. The Balaban J connectivity index is 1.58. The lowest BCUT2D eigenvalue weighted by atomic mass is 9.86. The van der Waals surface area contributed by atoms with Gasteiger partial charge in [0.1, 0.15) is 5.56 Å². The van der Waals surface area contributed by atoms with Gasteiger partial charge in [-0.15, -0.1) is 0 Å². The fourth-order valence-corrected chi connectivity index (χ4v) is 4.50. The van der Waals surface area contributed by atoms with E-state index >= 15 is 0 Å². The number of thioether (sulfide) groups is 1. The number of rotatable bonds is 3. The number of ether oxygens (including phenoxy) is 1. The Morgan fingerprint density at radius 2 is 2.24 bits per heavy atom. The van der Waals surface area contributed by atoms with Gasteiger partial charge in [-0.2, -0.15) is 0 Å². The summed E-state index contributed by atoms with van der Waals surface area (Å²) in [5.41, 5.74) is 0.998. The van der Waals surface area contributed by atoms with Crippen LogP contribution in [0.15, 0.2) is 58.0 Å². The first-order valence-corrected chi connectivity index (χ1v) is 10.4. The average Bonchev–Trinajstić information content (AvgIpc) is 2.74. The number of hydrogen-bond donors (Lipinski definition) is 0. The molecule has 0 radical (unpaired) electrons.